The van der Waals surface area contributed by atoms with Crippen molar-refractivity contribution in [1.29, 1.82) is 0 Å². The predicted molar refractivity (Wildman–Crippen MR) is 73.3 cm³/mol. The Bertz CT molecular complexity index is 469. The Morgan fingerprint density at radius 3 is 2.56 bits per heavy atom. The lowest BCUT2D eigenvalue weighted by molar-refractivity contribution is 0.424. The molecule has 1 atom stereocenters. The van der Waals surface area contributed by atoms with Crippen LogP contribution in [0, 0.1) is 0 Å². The predicted octanol–water partition coefficient (Wildman–Crippen LogP) is 0.0140. The summed E-state index contributed by atoms with van der Waals surface area (Å²) in [6.45, 7) is 3.05. The SMILES string of the molecule is CS(=O)(=O)N(C[C@H]1CNCCN1)c1ccccc1. The Morgan fingerprint density at radius 2 is 2.00 bits per heavy atom. The van der Waals surface area contributed by atoms with E-state index in [0.717, 1.165) is 19.6 Å². The van der Waals surface area contributed by atoms with E-state index in [2.05, 4.69) is 10.6 Å². The van der Waals surface area contributed by atoms with Gasteiger partial charge in [-0.05, 0) is 12.1 Å². The molecule has 0 aliphatic carbocycles. The van der Waals surface area contributed by atoms with Gasteiger partial charge in [0.1, 0.15) is 0 Å². The van der Waals surface area contributed by atoms with Gasteiger partial charge >= 0.3 is 0 Å². The topological polar surface area (TPSA) is 61.4 Å². The second kappa shape index (κ2) is 5.69. The summed E-state index contributed by atoms with van der Waals surface area (Å²) < 4.78 is 25.2. The molecule has 2 N–H and O–H groups in total. The van der Waals surface area contributed by atoms with Gasteiger partial charge in [-0.1, -0.05) is 18.2 Å². The standard InChI is InChI=1S/C12H19N3O2S/c1-18(16,17)15(12-5-3-2-4-6-12)10-11-9-13-7-8-14-11/h2-6,11,13-14H,7-10H2,1H3/t11-/m1/s1. The van der Waals surface area contributed by atoms with Crippen molar-refractivity contribution in [3.05, 3.63) is 30.3 Å². The molecule has 0 saturated carbocycles. The summed E-state index contributed by atoms with van der Waals surface area (Å²) in [6, 6.07) is 9.35. The highest BCUT2D eigenvalue weighted by molar-refractivity contribution is 7.92. The van der Waals surface area contributed by atoms with E-state index in [9.17, 15) is 8.42 Å². The van der Waals surface area contributed by atoms with Crippen molar-refractivity contribution in [2.24, 2.45) is 0 Å². The van der Waals surface area contributed by atoms with Gasteiger partial charge in [0.25, 0.3) is 0 Å². The van der Waals surface area contributed by atoms with Crippen molar-refractivity contribution >= 4 is 15.7 Å². The van der Waals surface area contributed by atoms with Crippen LogP contribution < -0.4 is 14.9 Å². The van der Waals surface area contributed by atoms with Crippen LogP contribution >= 0.6 is 0 Å². The molecule has 0 bridgehead atoms. The highest BCUT2D eigenvalue weighted by Crippen LogP contribution is 2.17. The Balaban J connectivity index is 2.16. The molecule has 1 saturated heterocycles. The average molecular weight is 269 g/mol. The summed E-state index contributed by atoms with van der Waals surface area (Å²) in [5.41, 5.74) is 0.715. The fourth-order valence-electron chi connectivity index (χ4n) is 2.07. The molecule has 2 rings (SSSR count). The first-order valence-electron chi connectivity index (χ1n) is 6.04. The minimum atomic E-state index is -3.25. The molecule has 0 radical (unpaired) electrons. The zero-order chi connectivity index (χ0) is 13.0. The zero-order valence-corrected chi connectivity index (χ0v) is 11.3. The second-order valence-electron chi connectivity index (χ2n) is 4.48. The minimum Gasteiger partial charge on any atom is -0.314 e. The van der Waals surface area contributed by atoms with E-state index in [4.69, 9.17) is 0 Å². The van der Waals surface area contributed by atoms with E-state index < -0.39 is 10.0 Å². The maximum atomic E-state index is 11.9. The molecule has 0 unspecified atom stereocenters. The lowest BCUT2D eigenvalue weighted by Gasteiger charge is -2.30. The summed E-state index contributed by atoms with van der Waals surface area (Å²) in [7, 11) is -3.25. The highest BCUT2D eigenvalue weighted by atomic mass is 32.2. The molecule has 0 spiro atoms. The van der Waals surface area contributed by atoms with Crippen LogP contribution in [0.2, 0.25) is 0 Å². The number of benzene rings is 1. The molecule has 1 aromatic carbocycles. The van der Waals surface area contributed by atoms with Gasteiger partial charge in [-0.15, -0.1) is 0 Å². The number of rotatable bonds is 4. The maximum absolute atomic E-state index is 11.9. The molecule has 1 aromatic rings. The van der Waals surface area contributed by atoms with Gasteiger partial charge in [0, 0.05) is 25.7 Å². The van der Waals surface area contributed by atoms with Crippen molar-refractivity contribution in [1.82, 2.24) is 10.6 Å². The highest BCUT2D eigenvalue weighted by Gasteiger charge is 2.22. The summed E-state index contributed by atoms with van der Waals surface area (Å²) in [6.07, 6.45) is 1.25. The molecule has 5 nitrogen and oxygen atoms in total. The molecule has 1 aliphatic rings. The third-order valence-electron chi connectivity index (χ3n) is 2.96. The van der Waals surface area contributed by atoms with Crippen molar-refractivity contribution in [2.45, 2.75) is 6.04 Å². The average Bonchev–Trinajstić information content (AvgIpc) is 2.37. The monoisotopic (exact) mass is 269 g/mol. The number of hydrogen-bond acceptors (Lipinski definition) is 4. The van der Waals surface area contributed by atoms with Crippen molar-refractivity contribution in [2.75, 3.05) is 36.7 Å². The van der Waals surface area contributed by atoms with Crippen LogP contribution in [-0.4, -0.2) is 46.9 Å². The van der Waals surface area contributed by atoms with Gasteiger partial charge in [0.05, 0.1) is 18.5 Å². The largest absolute Gasteiger partial charge is 0.314 e. The van der Waals surface area contributed by atoms with Crippen LogP contribution in [0.15, 0.2) is 30.3 Å². The van der Waals surface area contributed by atoms with E-state index in [0.29, 0.717) is 12.2 Å². The van der Waals surface area contributed by atoms with Gasteiger partial charge in [-0.2, -0.15) is 0 Å². The number of hydrogen-bond donors (Lipinski definition) is 2. The van der Waals surface area contributed by atoms with Crippen LogP contribution in [0.4, 0.5) is 5.69 Å². The van der Waals surface area contributed by atoms with E-state index in [1.54, 1.807) is 0 Å². The Hall–Kier alpha value is -1.11. The molecule has 0 aromatic heterocycles. The summed E-state index contributed by atoms with van der Waals surface area (Å²) in [5.74, 6) is 0. The Kier molecular flexibility index (Phi) is 4.21. The number of para-hydroxylation sites is 1. The summed E-state index contributed by atoms with van der Waals surface area (Å²) >= 11 is 0. The number of nitrogens with zero attached hydrogens (tertiary/aromatic N) is 1. The fourth-order valence-corrected chi connectivity index (χ4v) is 3.02. The van der Waals surface area contributed by atoms with Crippen LogP contribution in [0.3, 0.4) is 0 Å². The molecule has 18 heavy (non-hydrogen) atoms. The first-order chi connectivity index (χ1) is 8.57. The number of sulfonamides is 1. The molecular weight excluding hydrogens is 250 g/mol. The molecular formula is C12H19N3O2S. The lowest BCUT2D eigenvalue weighted by Crippen LogP contribution is -2.54. The van der Waals surface area contributed by atoms with Gasteiger partial charge in [-0.25, -0.2) is 8.42 Å². The normalized spacial score (nSPS) is 20.6. The Morgan fingerprint density at radius 1 is 1.28 bits per heavy atom. The van der Waals surface area contributed by atoms with Crippen molar-refractivity contribution < 1.29 is 8.42 Å². The number of piperazine rings is 1. The van der Waals surface area contributed by atoms with Gasteiger partial charge in [0.15, 0.2) is 0 Å². The molecule has 1 aliphatic heterocycles. The van der Waals surface area contributed by atoms with Crippen LogP contribution in [-0.2, 0) is 10.0 Å². The van der Waals surface area contributed by atoms with Crippen LogP contribution in [0.1, 0.15) is 0 Å². The summed E-state index contributed by atoms with van der Waals surface area (Å²) in [5, 5.41) is 6.58. The first-order valence-corrected chi connectivity index (χ1v) is 7.89. The minimum absolute atomic E-state index is 0.147. The molecule has 1 heterocycles. The third-order valence-corrected chi connectivity index (χ3v) is 4.12. The Labute approximate surface area is 108 Å². The quantitative estimate of drug-likeness (QED) is 0.808. The van der Waals surface area contributed by atoms with Crippen molar-refractivity contribution in [3.63, 3.8) is 0 Å². The number of nitrogens with one attached hydrogen (secondary N) is 2. The number of anilines is 1. The molecule has 1 fully saturated rings. The van der Waals surface area contributed by atoms with Crippen molar-refractivity contribution in [3.8, 4) is 0 Å². The zero-order valence-electron chi connectivity index (χ0n) is 10.5. The smallest absolute Gasteiger partial charge is 0.232 e. The van der Waals surface area contributed by atoms with Gasteiger partial charge < -0.3 is 10.6 Å². The second-order valence-corrected chi connectivity index (χ2v) is 6.39. The van der Waals surface area contributed by atoms with E-state index in [1.807, 2.05) is 30.3 Å². The van der Waals surface area contributed by atoms with Gasteiger partial charge in [-0.3, -0.25) is 4.31 Å². The molecule has 6 heteroatoms. The van der Waals surface area contributed by atoms with Crippen LogP contribution in [0.5, 0.6) is 0 Å². The first kappa shape index (κ1) is 13.3. The third kappa shape index (κ3) is 3.44. The van der Waals surface area contributed by atoms with E-state index in [1.165, 1.54) is 10.6 Å². The van der Waals surface area contributed by atoms with E-state index in [-0.39, 0.29) is 6.04 Å². The molecule has 0 amide bonds. The fraction of sp³-hybridized carbons (Fsp3) is 0.500. The molecule has 100 valence electrons. The van der Waals surface area contributed by atoms with Gasteiger partial charge in [0.2, 0.25) is 10.0 Å². The maximum Gasteiger partial charge on any atom is 0.232 e. The van der Waals surface area contributed by atoms with E-state index >= 15 is 0 Å². The van der Waals surface area contributed by atoms with Crippen LogP contribution in [0.25, 0.3) is 0 Å². The summed E-state index contributed by atoms with van der Waals surface area (Å²) in [4.78, 5) is 0. The lowest BCUT2D eigenvalue weighted by atomic mass is 10.2.